The van der Waals surface area contributed by atoms with Crippen LogP contribution in [0.1, 0.15) is 11.1 Å². The summed E-state index contributed by atoms with van der Waals surface area (Å²) in [6.45, 7) is -0.0142. The molecule has 0 saturated heterocycles. The van der Waals surface area contributed by atoms with Gasteiger partial charge in [0.2, 0.25) is 0 Å². The predicted molar refractivity (Wildman–Crippen MR) is 101 cm³/mol. The van der Waals surface area contributed by atoms with E-state index in [0.717, 1.165) is 11.6 Å². The van der Waals surface area contributed by atoms with Crippen molar-refractivity contribution in [1.29, 1.82) is 0 Å². The van der Waals surface area contributed by atoms with E-state index in [0.29, 0.717) is 17.1 Å². The van der Waals surface area contributed by atoms with Gasteiger partial charge in [-0.15, -0.1) is 0 Å². The highest BCUT2D eigenvalue weighted by Gasteiger charge is 2.11. The van der Waals surface area contributed by atoms with E-state index in [1.165, 1.54) is 35.2 Å². The molecule has 2 rings (SSSR count). The molecule has 0 aliphatic heterocycles. The Kier molecular flexibility index (Phi) is 7.08. The molecular weight excluding hydrogens is 372 g/mol. The van der Waals surface area contributed by atoms with Crippen LogP contribution in [-0.2, 0) is 20.9 Å². The third kappa shape index (κ3) is 6.56. The molecule has 0 bridgehead atoms. The number of nitro groups is 1. The molecule has 1 amide bonds. The second-order valence-corrected chi connectivity index (χ2v) is 6.10. The first-order chi connectivity index (χ1) is 12.8. The van der Waals surface area contributed by atoms with Crippen molar-refractivity contribution in [2.75, 3.05) is 13.7 Å². The van der Waals surface area contributed by atoms with Crippen LogP contribution in [0.15, 0.2) is 54.6 Å². The molecule has 0 fully saturated rings. The van der Waals surface area contributed by atoms with Crippen LogP contribution in [0.3, 0.4) is 0 Å². The average molecular weight is 389 g/mol. The zero-order chi connectivity index (χ0) is 19.8. The molecule has 0 atom stereocenters. The van der Waals surface area contributed by atoms with Crippen molar-refractivity contribution in [1.82, 2.24) is 4.90 Å². The Bertz CT molecular complexity index is 847. The molecule has 2 aromatic carbocycles. The number of benzene rings is 2. The Morgan fingerprint density at radius 2 is 1.78 bits per heavy atom. The normalized spacial score (nSPS) is 10.6. The van der Waals surface area contributed by atoms with Crippen LogP contribution in [0.25, 0.3) is 6.08 Å². The number of likely N-dealkylation sites (N-methyl/N-ethyl adjacent to an activating group) is 1. The number of non-ortho nitro benzene ring substituents is 1. The summed E-state index contributed by atoms with van der Waals surface area (Å²) in [4.78, 5) is 35.3. The maximum absolute atomic E-state index is 12.0. The van der Waals surface area contributed by atoms with Crippen LogP contribution in [0.4, 0.5) is 5.69 Å². The fraction of sp³-hybridized carbons (Fsp3) is 0.158. The lowest BCUT2D eigenvalue weighted by Crippen LogP contribution is -2.30. The highest BCUT2D eigenvalue weighted by molar-refractivity contribution is 6.30. The number of nitro benzene ring substituents is 1. The van der Waals surface area contributed by atoms with Crippen LogP contribution in [0.5, 0.6) is 0 Å². The van der Waals surface area contributed by atoms with Gasteiger partial charge in [-0.1, -0.05) is 23.7 Å². The van der Waals surface area contributed by atoms with Crippen molar-refractivity contribution < 1.29 is 19.2 Å². The van der Waals surface area contributed by atoms with E-state index in [4.69, 9.17) is 16.3 Å². The second-order valence-electron chi connectivity index (χ2n) is 5.67. The van der Waals surface area contributed by atoms with Gasteiger partial charge in [0.05, 0.1) is 4.92 Å². The summed E-state index contributed by atoms with van der Waals surface area (Å²) in [5.74, 6) is -1.02. The van der Waals surface area contributed by atoms with Gasteiger partial charge in [0.15, 0.2) is 6.61 Å². The molecule has 0 N–H and O–H groups in total. The first-order valence-corrected chi connectivity index (χ1v) is 8.30. The molecule has 0 aliphatic rings. The van der Waals surface area contributed by atoms with Gasteiger partial charge in [-0.3, -0.25) is 14.9 Å². The van der Waals surface area contributed by atoms with Gasteiger partial charge < -0.3 is 9.64 Å². The van der Waals surface area contributed by atoms with Crippen LogP contribution >= 0.6 is 11.6 Å². The van der Waals surface area contributed by atoms with Gasteiger partial charge in [-0.2, -0.15) is 0 Å². The Hall–Kier alpha value is -3.19. The lowest BCUT2D eigenvalue weighted by atomic mass is 10.2. The summed E-state index contributed by atoms with van der Waals surface area (Å²) >= 11 is 5.82. The lowest BCUT2D eigenvalue weighted by molar-refractivity contribution is -0.384. The monoisotopic (exact) mass is 388 g/mol. The van der Waals surface area contributed by atoms with E-state index in [2.05, 4.69) is 0 Å². The maximum atomic E-state index is 12.0. The Balaban J connectivity index is 1.80. The Morgan fingerprint density at radius 3 is 2.37 bits per heavy atom. The first-order valence-electron chi connectivity index (χ1n) is 7.93. The minimum absolute atomic E-state index is 0.0379. The summed E-state index contributed by atoms with van der Waals surface area (Å²) in [5, 5.41) is 11.2. The van der Waals surface area contributed by atoms with Crippen molar-refractivity contribution in [3.63, 3.8) is 0 Å². The van der Waals surface area contributed by atoms with Crippen molar-refractivity contribution in [2.24, 2.45) is 0 Å². The smallest absolute Gasteiger partial charge is 0.331 e. The number of nitrogens with zero attached hydrogens (tertiary/aromatic N) is 2. The highest BCUT2D eigenvalue weighted by Crippen LogP contribution is 2.13. The number of halogens is 1. The third-order valence-corrected chi connectivity index (χ3v) is 3.86. The number of hydrogen-bond donors (Lipinski definition) is 0. The molecule has 0 saturated carbocycles. The van der Waals surface area contributed by atoms with Crippen molar-refractivity contribution in [3.8, 4) is 0 Å². The lowest BCUT2D eigenvalue weighted by Gasteiger charge is -2.17. The number of hydrogen-bond acceptors (Lipinski definition) is 5. The second kappa shape index (κ2) is 9.49. The van der Waals surface area contributed by atoms with Gasteiger partial charge >= 0.3 is 5.97 Å². The number of rotatable bonds is 7. The summed E-state index contributed by atoms with van der Waals surface area (Å²) < 4.78 is 4.92. The maximum Gasteiger partial charge on any atom is 0.331 e. The van der Waals surface area contributed by atoms with E-state index in [9.17, 15) is 19.7 Å². The fourth-order valence-electron chi connectivity index (χ4n) is 2.11. The molecule has 2 aromatic rings. The van der Waals surface area contributed by atoms with Crippen molar-refractivity contribution in [2.45, 2.75) is 6.54 Å². The largest absolute Gasteiger partial charge is 0.452 e. The van der Waals surface area contributed by atoms with E-state index in [-0.39, 0.29) is 18.2 Å². The number of carbonyl (C=O) groups excluding carboxylic acids is 2. The number of ether oxygens (including phenoxy) is 1. The quantitative estimate of drug-likeness (QED) is 0.313. The standard InChI is InChI=1S/C19H17ClN2O5/c1-21(12-15-2-7-16(20)8-3-15)18(23)13-27-19(24)11-6-14-4-9-17(10-5-14)22(25)26/h2-11H,12-13H2,1H3/b11-6+. The molecular formula is C19H17ClN2O5. The zero-order valence-corrected chi connectivity index (χ0v) is 15.3. The number of amides is 1. The van der Waals surface area contributed by atoms with Crippen LogP contribution < -0.4 is 0 Å². The van der Waals surface area contributed by atoms with Crippen LogP contribution in [0.2, 0.25) is 5.02 Å². The van der Waals surface area contributed by atoms with Crippen LogP contribution in [0, 0.1) is 10.1 Å². The topological polar surface area (TPSA) is 89.8 Å². The Morgan fingerprint density at radius 1 is 1.15 bits per heavy atom. The number of esters is 1. The third-order valence-electron chi connectivity index (χ3n) is 3.61. The zero-order valence-electron chi connectivity index (χ0n) is 14.5. The summed E-state index contributed by atoms with van der Waals surface area (Å²) in [6.07, 6.45) is 2.61. The highest BCUT2D eigenvalue weighted by atomic mass is 35.5. The number of carbonyl (C=O) groups is 2. The molecule has 0 heterocycles. The van der Waals surface area contributed by atoms with Crippen LogP contribution in [-0.4, -0.2) is 35.4 Å². The van der Waals surface area contributed by atoms with E-state index >= 15 is 0 Å². The first kappa shape index (κ1) is 20.1. The van der Waals surface area contributed by atoms with Crippen molar-refractivity contribution >= 4 is 35.2 Å². The van der Waals surface area contributed by atoms with Gasteiger partial charge in [0, 0.05) is 36.8 Å². The van der Waals surface area contributed by atoms with E-state index in [1.807, 2.05) is 12.1 Å². The van der Waals surface area contributed by atoms with Gasteiger partial charge in [-0.25, -0.2) is 4.79 Å². The van der Waals surface area contributed by atoms with Gasteiger partial charge in [0.25, 0.3) is 11.6 Å². The fourth-order valence-corrected chi connectivity index (χ4v) is 2.24. The molecule has 0 radical (unpaired) electrons. The van der Waals surface area contributed by atoms with E-state index < -0.39 is 10.9 Å². The summed E-state index contributed by atoms with van der Waals surface area (Å²) in [5.41, 5.74) is 1.47. The minimum Gasteiger partial charge on any atom is -0.452 e. The predicted octanol–water partition coefficient (Wildman–Crippen LogP) is 3.46. The SMILES string of the molecule is CN(Cc1ccc(Cl)cc1)C(=O)COC(=O)/C=C/c1ccc([N+](=O)[O-])cc1. The summed E-state index contributed by atoms with van der Waals surface area (Å²) in [6, 6.07) is 12.8. The van der Waals surface area contributed by atoms with Crippen molar-refractivity contribution in [3.05, 3.63) is 80.9 Å². The molecule has 0 unspecified atom stereocenters. The molecule has 0 aliphatic carbocycles. The average Bonchev–Trinajstić information content (AvgIpc) is 2.66. The molecule has 7 nitrogen and oxygen atoms in total. The molecule has 0 spiro atoms. The van der Waals surface area contributed by atoms with E-state index in [1.54, 1.807) is 19.2 Å². The minimum atomic E-state index is -0.679. The van der Waals surface area contributed by atoms with Gasteiger partial charge in [-0.05, 0) is 41.5 Å². The molecule has 140 valence electrons. The summed E-state index contributed by atoms with van der Waals surface area (Å²) in [7, 11) is 1.61. The molecule has 0 aromatic heterocycles. The molecule has 27 heavy (non-hydrogen) atoms. The Labute approximate surface area is 161 Å². The van der Waals surface area contributed by atoms with Gasteiger partial charge in [0.1, 0.15) is 0 Å². The molecule has 8 heteroatoms.